The Labute approximate surface area is 226 Å². The molecule has 0 saturated heterocycles. The Morgan fingerprint density at radius 1 is 1.18 bits per heavy atom. The topological polar surface area (TPSA) is 87.0 Å². The average molecular weight is 519 g/mol. The number of phenolic OH excluding ortho intramolecular Hbond substituents is 1. The van der Waals surface area contributed by atoms with Crippen molar-refractivity contribution < 1.29 is 24.9 Å². The third kappa shape index (κ3) is 3.73. The van der Waals surface area contributed by atoms with E-state index in [0.29, 0.717) is 47.1 Å². The zero-order valence-electron chi connectivity index (χ0n) is 24.0. The molecular weight excluding hydrogens is 476 g/mol. The molecule has 204 valence electrons. The van der Waals surface area contributed by atoms with E-state index < -0.39 is 22.4 Å². The highest BCUT2D eigenvalue weighted by Crippen LogP contribution is 2.66. The summed E-state index contributed by atoms with van der Waals surface area (Å²) in [7, 11) is 0. The average Bonchev–Trinajstić information content (AvgIpc) is 2.77. The molecule has 3 aliphatic rings. The van der Waals surface area contributed by atoms with Crippen LogP contribution < -0.4 is 0 Å². The highest BCUT2D eigenvalue weighted by molar-refractivity contribution is 5.89. The van der Waals surface area contributed by atoms with E-state index in [0.717, 1.165) is 27.8 Å². The predicted molar refractivity (Wildman–Crippen MR) is 152 cm³/mol. The van der Waals surface area contributed by atoms with Crippen LogP contribution >= 0.6 is 0 Å². The highest BCUT2D eigenvalue weighted by atomic mass is 16.5. The van der Waals surface area contributed by atoms with Gasteiger partial charge in [0, 0.05) is 27.5 Å². The molecule has 38 heavy (non-hydrogen) atoms. The van der Waals surface area contributed by atoms with Crippen LogP contribution in [0, 0.1) is 10.8 Å². The van der Waals surface area contributed by atoms with Gasteiger partial charge in [-0.3, -0.25) is 4.79 Å². The number of ether oxygens (including phenoxy) is 1. The van der Waals surface area contributed by atoms with Crippen molar-refractivity contribution in [1.29, 1.82) is 0 Å². The van der Waals surface area contributed by atoms with E-state index in [9.17, 15) is 20.1 Å². The molecule has 0 saturated carbocycles. The molecule has 4 rings (SSSR count). The van der Waals surface area contributed by atoms with E-state index >= 15 is 0 Å². The minimum atomic E-state index is -1.70. The summed E-state index contributed by atoms with van der Waals surface area (Å²) >= 11 is 0. The van der Waals surface area contributed by atoms with E-state index in [1.165, 1.54) is 0 Å². The molecule has 0 fully saturated rings. The number of aliphatic hydroxyl groups excluding tert-OH is 1. The molecular formula is C33H42O5. The van der Waals surface area contributed by atoms with Gasteiger partial charge in [-0.05, 0) is 73.8 Å². The predicted octanol–water partition coefficient (Wildman–Crippen LogP) is 7.00. The van der Waals surface area contributed by atoms with Crippen molar-refractivity contribution in [2.24, 2.45) is 10.8 Å². The first-order chi connectivity index (χ1) is 17.5. The molecule has 5 heteroatoms. The number of allylic oxidation sites excluding steroid dienone is 4. The number of esters is 1. The summed E-state index contributed by atoms with van der Waals surface area (Å²) in [6, 6.07) is 1.91. The van der Waals surface area contributed by atoms with Gasteiger partial charge >= 0.3 is 5.97 Å². The minimum absolute atomic E-state index is 0.0223. The lowest BCUT2D eigenvalue weighted by atomic mass is 9.47. The standard InChI is InChI=1S/C33H42O5/c1-11-38-25(34)13-22-12-23(17(2)3)24-15-31(9)16-32(10)14-19(6)26(18(4)5)21(8)33(32,37)30(36)28(31)20(7)27(24)29(22)35/h12,17,35-37H,4,7-8,11,13-16H2,1-3,5-6,9-10H3/t31-,32+,33+/m1/s1. The Morgan fingerprint density at radius 3 is 2.37 bits per heavy atom. The van der Waals surface area contributed by atoms with Crippen LogP contribution in [-0.4, -0.2) is 33.5 Å². The number of hydrogen-bond donors (Lipinski definition) is 3. The van der Waals surface area contributed by atoms with Gasteiger partial charge in [0.15, 0.2) is 5.60 Å². The number of benzene rings is 1. The van der Waals surface area contributed by atoms with E-state index in [1.807, 2.05) is 26.8 Å². The molecule has 0 radical (unpaired) electrons. The maximum absolute atomic E-state index is 12.4. The Kier molecular flexibility index (Phi) is 6.63. The molecule has 0 spiro atoms. The van der Waals surface area contributed by atoms with Crippen LogP contribution in [0.1, 0.15) is 89.5 Å². The van der Waals surface area contributed by atoms with E-state index in [2.05, 4.69) is 40.5 Å². The van der Waals surface area contributed by atoms with Gasteiger partial charge < -0.3 is 20.1 Å². The fourth-order valence-electron chi connectivity index (χ4n) is 7.76. The molecule has 0 unspecified atom stereocenters. The molecule has 5 nitrogen and oxygen atoms in total. The lowest BCUT2D eigenvalue weighted by Crippen LogP contribution is -2.59. The van der Waals surface area contributed by atoms with Crippen molar-refractivity contribution in [2.75, 3.05) is 6.61 Å². The van der Waals surface area contributed by atoms with E-state index in [1.54, 1.807) is 6.92 Å². The summed E-state index contributed by atoms with van der Waals surface area (Å²) in [5.41, 5.74) is 4.28. The van der Waals surface area contributed by atoms with Crippen molar-refractivity contribution in [2.45, 2.75) is 85.7 Å². The first-order valence-electron chi connectivity index (χ1n) is 13.5. The van der Waals surface area contributed by atoms with Gasteiger partial charge in [0.05, 0.1) is 13.0 Å². The molecule has 0 heterocycles. The number of aliphatic hydroxyl groups is 2. The molecule has 0 bridgehead atoms. The molecule has 3 atom stereocenters. The van der Waals surface area contributed by atoms with Gasteiger partial charge in [-0.15, -0.1) is 0 Å². The van der Waals surface area contributed by atoms with Crippen LogP contribution in [0.2, 0.25) is 0 Å². The number of carbonyl (C=O) groups is 1. The van der Waals surface area contributed by atoms with Crippen LogP contribution in [0.4, 0.5) is 0 Å². The van der Waals surface area contributed by atoms with Gasteiger partial charge in [-0.25, -0.2) is 0 Å². The van der Waals surface area contributed by atoms with Gasteiger partial charge in [0.25, 0.3) is 0 Å². The number of aromatic hydroxyl groups is 1. The van der Waals surface area contributed by atoms with Crippen LogP contribution in [0.15, 0.2) is 59.4 Å². The van der Waals surface area contributed by atoms with Crippen LogP contribution in [0.25, 0.3) is 5.57 Å². The first kappa shape index (κ1) is 28.0. The Balaban J connectivity index is 1.99. The minimum Gasteiger partial charge on any atom is -0.509 e. The molecule has 3 aliphatic carbocycles. The molecule has 1 aromatic rings. The van der Waals surface area contributed by atoms with Gasteiger partial charge in [0.1, 0.15) is 11.5 Å². The number of phenols is 1. The lowest BCUT2D eigenvalue weighted by Gasteiger charge is -2.59. The molecule has 1 aromatic carbocycles. The van der Waals surface area contributed by atoms with Gasteiger partial charge in [-0.1, -0.05) is 64.6 Å². The lowest BCUT2D eigenvalue weighted by molar-refractivity contribution is -0.142. The maximum atomic E-state index is 12.4. The Morgan fingerprint density at radius 2 is 1.82 bits per heavy atom. The third-order valence-electron chi connectivity index (χ3n) is 9.04. The van der Waals surface area contributed by atoms with Crippen molar-refractivity contribution in [3.05, 3.63) is 81.7 Å². The zero-order chi connectivity index (χ0) is 28.5. The molecule has 3 N–H and O–H groups in total. The fourth-order valence-corrected chi connectivity index (χ4v) is 7.76. The van der Waals surface area contributed by atoms with Crippen molar-refractivity contribution in [3.8, 4) is 5.75 Å². The second-order valence-corrected chi connectivity index (χ2v) is 12.4. The maximum Gasteiger partial charge on any atom is 0.310 e. The highest BCUT2D eigenvalue weighted by Gasteiger charge is 2.63. The second-order valence-electron chi connectivity index (χ2n) is 12.4. The number of rotatable bonds is 5. The monoisotopic (exact) mass is 518 g/mol. The number of hydrogen-bond acceptors (Lipinski definition) is 5. The molecule has 0 aromatic heterocycles. The first-order valence-corrected chi connectivity index (χ1v) is 13.5. The summed E-state index contributed by atoms with van der Waals surface area (Å²) in [6.45, 7) is 27.0. The van der Waals surface area contributed by atoms with Crippen molar-refractivity contribution >= 4 is 11.5 Å². The SMILES string of the molecule is C=C(C)C1=C(C)C[C@@]2(C)C[C@@]3(C)Cc4c(C(C)C)cc(CC(=O)OCC)c(O)c4C(=C)C3=C(O)[C@@]2(O)C1=C. The summed E-state index contributed by atoms with van der Waals surface area (Å²) < 4.78 is 5.15. The van der Waals surface area contributed by atoms with Crippen LogP contribution in [0.3, 0.4) is 0 Å². The quantitative estimate of drug-likeness (QED) is 0.365. The smallest absolute Gasteiger partial charge is 0.310 e. The largest absolute Gasteiger partial charge is 0.509 e. The van der Waals surface area contributed by atoms with Crippen molar-refractivity contribution in [3.63, 3.8) is 0 Å². The van der Waals surface area contributed by atoms with Crippen LogP contribution in [-0.2, 0) is 22.4 Å². The summed E-state index contributed by atoms with van der Waals surface area (Å²) in [6.07, 6.45) is 1.69. The number of fused-ring (bicyclic) bond motifs is 3. The Hall–Kier alpha value is -3.05. The fraction of sp³-hybridized carbons (Fsp3) is 0.485. The summed E-state index contributed by atoms with van der Waals surface area (Å²) in [5.74, 6) is -0.455. The van der Waals surface area contributed by atoms with E-state index in [-0.39, 0.29) is 30.5 Å². The molecule has 0 aliphatic heterocycles. The van der Waals surface area contributed by atoms with Gasteiger partial charge in [-0.2, -0.15) is 0 Å². The normalized spacial score (nSPS) is 28.8. The molecule has 0 amide bonds. The van der Waals surface area contributed by atoms with Crippen LogP contribution in [0.5, 0.6) is 5.75 Å². The Bertz CT molecular complexity index is 1360. The summed E-state index contributed by atoms with van der Waals surface area (Å²) in [4.78, 5) is 12.4. The zero-order valence-corrected chi connectivity index (χ0v) is 24.0. The van der Waals surface area contributed by atoms with E-state index in [4.69, 9.17) is 4.74 Å². The van der Waals surface area contributed by atoms with Crippen molar-refractivity contribution in [1.82, 2.24) is 0 Å². The van der Waals surface area contributed by atoms with Gasteiger partial charge in [0.2, 0.25) is 0 Å². The summed E-state index contributed by atoms with van der Waals surface area (Å²) in [5, 5.41) is 35.8. The number of carbonyl (C=O) groups excluding carboxylic acids is 1. The second kappa shape index (κ2) is 9.01. The third-order valence-corrected chi connectivity index (χ3v) is 9.04.